The minimum atomic E-state index is 0.574. The Hall–Kier alpha value is -9.69. The first-order valence-electron chi connectivity index (χ1n) is 24.1. The highest BCUT2D eigenvalue weighted by atomic mass is 15.1. The zero-order valence-corrected chi connectivity index (χ0v) is 38.5. The Morgan fingerprint density at radius 1 is 0.268 bits per heavy atom. The van der Waals surface area contributed by atoms with Gasteiger partial charge in [0.05, 0.1) is 51.0 Å². The van der Waals surface area contributed by atoms with Crippen LogP contribution in [0.25, 0.3) is 132 Å². The van der Waals surface area contributed by atoms with Gasteiger partial charge in [0, 0.05) is 38.0 Å². The van der Waals surface area contributed by atoms with Gasteiger partial charge >= 0.3 is 0 Å². The van der Waals surface area contributed by atoms with Crippen molar-refractivity contribution >= 4 is 71.1 Å². The van der Waals surface area contributed by atoms with E-state index in [0.717, 1.165) is 127 Å². The molecule has 4 nitrogen and oxygen atoms in total. The van der Waals surface area contributed by atoms with Crippen LogP contribution < -0.4 is 0 Å². The maximum atomic E-state index is 9.49. The number of aromatic nitrogens is 3. The van der Waals surface area contributed by atoms with E-state index in [9.17, 15) is 6.57 Å². The quantitative estimate of drug-likeness (QED) is 0.142. The monoisotopic (exact) mass is 902 g/mol. The maximum Gasteiger partial charge on any atom is 0.234 e. The lowest BCUT2D eigenvalue weighted by Crippen LogP contribution is -2.02. The molecule has 3 aromatic heterocycles. The number of benzene rings is 11. The molecule has 0 spiro atoms. The molecule has 14 rings (SSSR count). The molecular formula is C67H42N4. The predicted molar refractivity (Wildman–Crippen MR) is 297 cm³/mol. The molecule has 0 N–H and O–H groups in total. The Labute approximate surface area is 410 Å². The summed E-state index contributed by atoms with van der Waals surface area (Å²) in [5, 5.41) is 6.60. The number of rotatable bonds is 7. The van der Waals surface area contributed by atoms with E-state index in [1.165, 1.54) is 0 Å². The normalized spacial score (nSPS) is 11.6. The van der Waals surface area contributed by atoms with Crippen molar-refractivity contribution < 1.29 is 0 Å². The molecule has 0 aliphatic rings. The Kier molecular flexibility index (Phi) is 9.23. The van der Waals surface area contributed by atoms with Gasteiger partial charge in [0.25, 0.3) is 0 Å². The molecule has 3 heterocycles. The van der Waals surface area contributed by atoms with Crippen LogP contribution in [-0.4, -0.2) is 13.7 Å². The summed E-state index contributed by atoms with van der Waals surface area (Å²) in [4.78, 5) is 4.71. The van der Waals surface area contributed by atoms with E-state index in [2.05, 4.69) is 268 Å². The number of para-hydroxylation sites is 2. The average Bonchev–Trinajstić information content (AvgIpc) is 4.08. The van der Waals surface area contributed by atoms with E-state index in [-0.39, 0.29) is 0 Å². The summed E-state index contributed by atoms with van der Waals surface area (Å²) in [5.74, 6) is 0. The first-order valence-corrected chi connectivity index (χ1v) is 24.1. The van der Waals surface area contributed by atoms with E-state index in [1.807, 2.05) is 0 Å². The van der Waals surface area contributed by atoms with Crippen molar-refractivity contribution in [2.75, 3.05) is 0 Å². The molecule has 11 aromatic carbocycles. The summed E-state index contributed by atoms with van der Waals surface area (Å²) >= 11 is 0. The van der Waals surface area contributed by atoms with Gasteiger partial charge in [0.2, 0.25) is 5.69 Å². The number of fused-ring (bicyclic) bond motifs is 9. The first-order chi connectivity index (χ1) is 35.2. The van der Waals surface area contributed by atoms with E-state index < -0.39 is 0 Å². The van der Waals surface area contributed by atoms with Crippen LogP contribution in [0.3, 0.4) is 0 Å². The summed E-state index contributed by atoms with van der Waals surface area (Å²) in [5.41, 5.74) is 18.7. The third-order valence-corrected chi connectivity index (χ3v) is 14.4. The second kappa shape index (κ2) is 16.2. The van der Waals surface area contributed by atoms with Crippen LogP contribution in [0.4, 0.5) is 5.69 Å². The number of hydrogen-bond acceptors (Lipinski definition) is 0. The molecule has 0 aliphatic heterocycles. The summed E-state index contributed by atoms with van der Waals surface area (Å²) in [6.07, 6.45) is 0. The lowest BCUT2D eigenvalue weighted by molar-refractivity contribution is 1.14. The van der Waals surface area contributed by atoms with Crippen molar-refractivity contribution in [3.63, 3.8) is 0 Å². The predicted octanol–water partition coefficient (Wildman–Crippen LogP) is 18.2. The molecule has 330 valence electrons. The second-order valence-corrected chi connectivity index (χ2v) is 18.3. The SMILES string of the molecule is [C-]#[N+]c1c(-n2c3ccc(-c4ccccc4)cc3c3cc(-c4ccccc4)ccc32)cc2c(c1-n1c3ccc(-c4ccccc4)cc3c3cc(-c4ccccc4)ccc31)c1ccccc1n2-c1ccccc1. The fourth-order valence-corrected chi connectivity index (χ4v) is 11.2. The van der Waals surface area contributed by atoms with Crippen LogP contribution in [0, 0.1) is 6.57 Å². The highest BCUT2D eigenvalue weighted by Crippen LogP contribution is 2.49. The average molecular weight is 903 g/mol. The van der Waals surface area contributed by atoms with Gasteiger partial charge in [-0.05, 0) is 117 Å². The van der Waals surface area contributed by atoms with E-state index in [0.29, 0.717) is 5.69 Å². The van der Waals surface area contributed by atoms with E-state index in [4.69, 9.17) is 4.85 Å². The van der Waals surface area contributed by atoms with Crippen molar-refractivity contribution in [2.45, 2.75) is 0 Å². The standard InChI is InChI=1S/C67H42N4/c1-68-66-64(70-59-35-31-48(44-19-7-2-8-20-44)39-54(59)55-40-49(32-36-60(55)70)45-21-9-3-10-22-45)43-63-65(53-29-17-18-30-58(53)69(63)52-27-15-6-16-28-52)67(66)71-61-37-33-50(46-23-11-4-12-24-46)41-56(61)57-42-51(34-38-62(57)71)47-25-13-5-14-26-47/h2-43H. The van der Waals surface area contributed by atoms with Crippen molar-refractivity contribution in [3.05, 3.63) is 266 Å². The molecular weight excluding hydrogens is 861 g/mol. The van der Waals surface area contributed by atoms with Crippen molar-refractivity contribution in [1.29, 1.82) is 0 Å². The van der Waals surface area contributed by atoms with Gasteiger partial charge in [-0.15, -0.1) is 0 Å². The molecule has 0 saturated heterocycles. The van der Waals surface area contributed by atoms with Crippen LogP contribution in [0.2, 0.25) is 0 Å². The van der Waals surface area contributed by atoms with Gasteiger partial charge in [-0.2, -0.15) is 0 Å². The van der Waals surface area contributed by atoms with Gasteiger partial charge in [-0.3, -0.25) is 0 Å². The zero-order valence-electron chi connectivity index (χ0n) is 38.5. The molecule has 0 unspecified atom stereocenters. The fraction of sp³-hybridized carbons (Fsp3) is 0. The zero-order chi connectivity index (χ0) is 47.0. The maximum absolute atomic E-state index is 9.49. The summed E-state index contributed by atoms with van der Waals surface area (Å²) in [7, 11) is 0. The van der Waals surface area contributed by atoms with Crippen LogP contribution in [0.15, 0.2) is 255 Å². The van der Waals surface area contributed by atoms with E-state index in [1.54, 1.807) is 0 Å². The minimum absolute atomic E-state index is 0.574. The van der Waals surface area contributed by atoms with Crippen molar-refractivity contribution in [3.8, 4) is 61.6 Å². The summed E-state index contributed by atoms with van der Waals surface area (Å²) < 4.78 is 7.13. The minimum Gasteiger partial charge on any atom is -0.319 e. The Morgan fingerprint density at radius 2 is 0.620 bits per heavy atom. The Bertz CT molecular complexity index is 4230. The Balaban J connectivity index is 1.16. The highest BCUT2D eigenvalue weighted by Gasteiger charge is 2.28. The summed E-state index contributed by atoms with van der Waals surface area (Å²) in [6, 6.07) is 91.4. The number of hydrogen-bond donors (Lipinski definition) is 0. The molecule has 0 saturated carbocycles. The number of nitrogens with zero attached hydrogens (tertiary/aromatic N) is 4. The molecule has 0 fully saturated rings. The van der Waals surface area contributed by atoms with Crippen LogP contribution in [0.1, 0.15) is 0 Å². The molecule has 0 atom stereocenters. The van der Waals surface area contributed by atoms with Gasteiger partial charge in [-0.1, -0.05) is 182 Å². The largest absolute Gasteiger partial charge is 0.319 e. The fourth-order valence-electron chi connectivity index (χ4n) is 11.2. The molecule has 14 aromatic rings. The third-order valence-electron chi connectivity index (χ3n) is 14.4. The molecule has 0 radical (unpaired) electrons. The molecule has 4 heteroatoms. The van der Waals surface area contributed by atoms with E-state index >= 15 is 0 Å². The van der Waals surface area contributed by atoms with Crippen molar-refractivity contribution in [2.24, 2.45) is 0 Å². The lowest BCUT2D eigenvalue weighted by Gasteiger charge is -2.19. The second-order valence-electron chi connectivity index (χ2n) is 18.3. The first kappa shape index (κ1) is 40.4. The van der Waals surface area contributed by atoms with Crippen LogP contribution >= 0.6 is 0 Å². The van der Waals surface area contributed by atoms with Gasteiger partial charge in [0.15, 0.2) is 0 Å². The highest BCUT2D eigenvalue weighted by molar-refractivity contribution is 6.21. The summed E-state index contributed by atoms with van der Waals surface area (Å²) in [6.45, 7) is 9.49. The van der Waals surface area contributed by atoms with Crippen LogP contribution in [0.5, 0.6) is 0 Å². The topological polar surface area (TPSA) is 19.1 Å². The van der Waals surface area contributed by atoms with Gasteiger partial charge < -0.3 is 13.7 Å². The van der Waals surface area contributed by atoms with Crippen LogP contribution in [-0.2, 0) is 0 Å². The Morgan fingerprint density at radius 3 is 1.03 bits per heavy atom. The molecule has 0 amide bonds. The van der Waals surface area contributed by atoms with Gasteiger partial charge in [-0.25, -0.2) is 4.85 Å². The smallest absolute Gasteiger partial charge is 0.234 e. The third kappa shape index (κ3) is 6.38. The lowest BCUT2D eigenvalue weighted by atomic mass is 10.0. The molecule has 0 aliphatic carbocycles. The van der Waals surface area contributed by atoms with Crippen molar-refractivity contribution in [1.82, 2.24) is 13.7 Å². The molecule has 71 heavy (non-hydrogen) atoms. The van der Waals surface area contributed by atoms with Gasteiger partial charge in [0.1, 0.15) is 0 Å². The molecule has 0 bridgehead atoms.